The summed E-state index contributed by atoms with van der Waals surface area (Å²) in [6.45, 7) is 1.72. The summed E-state index contributed by atoms with van der Waals surface area (Å²) in [5.41, 5.74) is 4.68. The number of amides is 1. The first-order valence-electron chi connectivity index (χ1n) is 7.69. The molecular weight excluding hydrogens is 321 g/mol. The first-order valence-corrected chi connectivity index (χ1v) is 7.69. The monoisotopic (exact) mass is 343 g/mol. The lowest BCUT2D eigenvalue weighted by atomic mass is 9.62. The van der Waals surface area contributed by atoms with Gasteiger partial charge in [-0.3, -0.25) is 4.79 Å². The van der Waals surface area contributed by atoms with Gasteiger partial charge in [-0.1, -0.05) is 6.42 Å². The van der Waals surface area contributed by atoms with Crippen LogP contribution in [0.3, 0.4) is 0 Å². The quantitative estimate of drug-likeness (QED) is 0.910. The number of aromatic nitrogens is 1. The lowest BCUT2D eigenvalue weighted by Crippen LogP contribution is -2.58. The number of halogens is 2. The van der Waals surface area contributed by atoms with E-state index in [1.54, 1.807) is 13.2 Å². The lowest BCUT2D eigenvalue weighted by molar-refractivity contribution is -0.167. The molecule has 5 nitrogen and oxygen atoms in total. The highest BCUT2D eigenvalue weighted by molar-refractivity contribution is 5.91. The molecule has 3 rings (SSSR count). The summed E-state index contributed by atoms with van der Waals surface area (Å²) in [4.78, 5) is 17.5. The van der Waals surface area contributed by atoms with Gasteiger partial charge in [-0.2, -0.15) is 0 Å². The van der Waals surface area contributed by atoms with Crippen molar-refractivity contribution in [1.29, 1.82) is 0 Å². The molecule has 0 spiro atoms. The van der Waals surface area contributed by atoms with Crippen molar-refractivity contribution >= 4 is 18.3 Å². The van der Waals surface area contributed by atoms with Crippen molar-refractivity contribution in [3.8, 4) is 0 Å². The van der Waals surface area contributed by atoms with E-state index in [4.69, 9.17) is 10.5 Å². The van der Waals surface area contributed by atoms with Gasteiger partial charge >= 0.3 is 0 Å². The van der Waals surface area contributed by atoms with E-state index in [1.807, 2.05) is 0 Å². The molecule has 1 unspecified atom stereocenters. The number of likely N-dealkylation sites (tertiary alicyclic amines) is 1. The highest BCUT2D eigenvalue weighted by atomic mass is 35.5. The fourth-order valence-electron chi connectivity index (χ4n) is 4.45. The minimum atomic E-state index is -0.844. The highest BCUT2D eigenvalue weighted by Gasteiger charge is 2.54. The number of hydrogen-bond acceptors (Lipinski definition) is 4. The molecule has 2 bridgehead atoms. The SMILES string of the molecule is COC1(c2ccnc(C(N)=O)c2F)[C@@H]2CCC[C@H]1CN(C)C2.Cl. The maximum Gasteiger partial charge on any atom is 0.270 e. The molecular formula is C16H23ClFN3O2. The number of pyridine rings is 1. The molecule has 1 aliphatic carbocycles. The molecule has 1 amide bonds. The zero-order chi connectivity index (χ0) is 15.9. The van der Waals surface area contributed by atoms with Crippen molar-refractivity contribution in [2.45, 2.75) is 24.9 Å². The fourth-order valence-corrected chi connectivity index (χ4v) is 4.45. The summed E-state index contributed by atoms with van der Waals surface area (Å²) in [6.07, 6.45) is 4.56. The molecule has 1 aromatic rings. The third kappa shape index (κ3) is 2.73. The second kappa shape index (κ2) is 6.71. The van der Waals surface area contributed by atoms with E-state index in [-0.39, 0.29) is 29.9 Å². The maximum atomic E-state index is 14.9. The van der Waals surface area contributed by atoms with Gasteiger partial charge in [0.1, 0.15) is 5.60 Å². The predicted molar refractivity (Wildman–Crippen MR) is 87.0 cm³/mol. The minimum absolute atomic E-state index is 0. The van der Waals surface area contributed by atoms with Crippen molar-refractivity contribution in [3.63, 3.8) is 0 Å². The van der Waals surface area contributed by atoms with Gasteiger partial charge < -0.3 is 15.4 Å². The average molecular weight is 344 g/mol. The largest absolute Gasteiger partial charge is 0.373 e. The van der Waals surface area contributed by atoms with Gasteiger partial charge in [-0.25, -0.2) is 9.37 Å². The Kier molecular flexibility index (Phi) is 5.28. The van der Waals surface area contributed by atoms with Crippen LogP contribution in [0, 0.1) is 17.7 Å². The molecule has 1 saturated carbocycles. The molecule has 2 N–H and O–H groups in total. The number of ether oxygens (including phenoxy) is 1. The molecule has 128 valence electrons. The Balaban J connectivity index is 0.00000192. The van der Waals surface area contributed by atoms with Crippen molar-refractivity contribution in [1.82, 2.24) is 9.88 Å². The van der Waals surface area contributed by atoms with Crippen molar-refractivity contribution < 1.29 is 13.9 Å². The van der Waals surface area contributed by atoms with E-state index in [0.717, 1.165) is 32.4 Å². The Bertz CT molecular complexity index is 585. The number of nitrogens with zero attached hydrogens (tertiary/aromatic N) is 2. The van der Waals surface area contributed by atoms with E-state index < -0.39 is 17.3 Å². The standard InChI is InChI=1S/C16H22FN3O2.ClH/c1-20-8-10-4-3-5-11(9-20)16(10,22-2)12-6-7-19-14(13(12)17)15(18)21;/h6-7,10-11H,3-5,8-9H2,1-2H3,(H2,18,21);1H/t10-,11+,16?;. The van der Waals surface area contributed by atoms with Crippen molar-refractivity contribution in [2.75, 3.05) is 27.2 Å². The molecule has 1 saturated heterocycles. The molecule has 7 heteroatoms. The van der Waals surface area contributed by atoms with Gasteiger partial charge in [0, 0.05) is 43.8 Å². The molecule has 2 heterocycles. The molecule has 23 heavy (non-hydrogen) atoms. The second-order valence-corrected chi connectivity index (χ2v) is 6.43. The number of rotatable bonds is 3. The van der Waals surface area contributed by atoms with Crippen LogP contribution in [0.1, 0.15) is 35.3 Å². The van der Waals surface area contributed by atoms with Gasteiger partial charge in [-0.05, 0) is 26.0 Å². The highest BCUT2D eigenvalue weighted by Crippen LogP contribution is 2.51. The van der Waals surface area contributed by atoms with Gasteiger partial charge in [0.05, 0.1) is 0 Å². The molecule has 2 fully saturated rings. The summed E-state index contributed by atoms with van der Waals surface area (Å²) in [5.74, 6) is -1.07. The number of nitrogens with two attached hydrogens (primary N) is 1. The number of piperidine rings is 1. The zero-order valence-corrected chi connectivity index (χ0v) is 14.2. The summed E-state index contributed by atoms with van der Waals surface area (Å²) in [5, 5.41) is 0. The summed E-state index contributed by atoms with van der Waals surface area (Å²) >= 11 is 0. The van der Waals surface area contributed by atoms with E-state index >= 15 is 0 Å². The van der Waals surface area contributed by atoms with Crippen LogP contribution in [-0.4, -0.2) is 43.0 Å². The summed E-state index contributed by atoms with van der Waals surface area (Å²) in [6, 6.07) is 1.64. The van der Waals surface area contributed by atoms with Crippen LogP contribution in [0.5, 0.6) is 0 Å². The third-order valence-corrected chi connectivity index (χ3v) is 5.26. The van der Waals surface area contributed by atoms with Gasteiger partial charge in [0.2, 0.25) is 0 Å². The Morgan fingerprint density at radius 2 is 2.04 bits per heavy atom. The topological polar surface area (TPSA) is 68.5 Å². The number of fused-ring (bicyclic) bond motifs is 2. The van der Waals surface area contributed by atoms with E-state index in [1.165, 1.54) is 6.20 Å². The minimum Gasteiger partial charge on any atom is -0.373 e. The van der Waals surface area contributed by atoms with Crippen LogP contribution in [0.25, 0.3) is 0 Å². The average Bonchev–Trinajstić information content (AvgIpc) is 2.46. The predicted octanol–water partition coefficient (Wildman–Crippen LogP) is 1.94. The number of primary amides is 1. The van der Waals surface area contributed by atoms with Crippen molar-refractivity contribution in [2.24, 2.45) is 17.6 Å². The van der Waals surface area contributed by atoms with Crippen LogP contribution < -0.4 is 5.73 Å². The van der Waals surface area contributed by atoms with Crippen LogP contribution >= 0.6 is 12.4 Å². The summed E-state index contributed by atoms with van der Waals surface area (Å²) in [7, 11) is 3.73. The molecule has 2 aliphatic rings. The number of carbonyl (C=O) groups is 1. The third-order valence-electron chi connectivity index (χ3n) is 5.26. The van der Waals surface area contributed by atoms with Gasteiger partial charge in [0.15, 0.2) is 11.5 Å². The Hall–Kier alpha value is -1.24. The second-order valence-electron chi connectivity index (χ2n) is 6.43. The zero-order valence-electron chi connectivity index (χ0n) is 13.4. The molecule has 0 aromatic carbocycles. The fraction of sp³-hybridized carbons (Fsp3) is 0.625. The molecule has 0 radical (unpaired) electrons. The van der Waals surface area contributed by atoms with Crippen LogP contribution in [-0.2, 0) is 10.3 Å². The number of carbonyl (C=O) groups excluding carboxylic acids is 1. The normalized spacial score (nSPS) is 30.6. The Morgan fingerprint density at radius 3 is 2.57 bits per heavy atom. The van der Waals surface area contributed by atoms with Gasteiger partial charge in [-0.15, -0.1) is 12.4 Å². The van der Waals surface area contributed by atoms with Gasteiger partial charge in [0.25, 0.3) is 5.91 Å². The van der Waals surface area contributed by atoms with E-state index in [9.17, 15) is 9.18 Å². The first-order chi connectivity index (χ1) is 10.5. The van der Waals surface area contributed by atoms with Crippen LogP contribution in [0.2, 0.25) is 0 Å². The Labute approximate surface area is 141 Å². The smallest absolute Gasteiger partial charge is 0.270 e. The molecule has 3 atom stereocenters. The number of methoxy groups -OCH3 is 1. The van der Waals surface area contributed by atoms with E-state index in [2.05, 4.69) is 16.9 Å². The molecule has 1 aromatic heterocycles. The first kappa shape index (κ1) is 18.1. The van der Waals surface area contributed by atoms with Crippen LogP contribution in [0.4, 0.5) is 4.39 Å². The summed E-state index contributed by atoms with van der Waals surface area (Å²) < 4.78 is 20.8. The van der Waals surface area contributed by atoms with Crippen LogP contribution in [0.15, 0.2) is 12.3 Å². The number of hydrogen-bond donors (Lipinski definition) is 1. The van der Waals surface area contributed by atoms with E-state index in [0.29, 0.717) is 5.56 Å². The maximum absolute atomic E-state index is 14.9. The molecule has 1 aliphatic heterocycles. The van der Waals surface area contributed by atoms with Crippen molar-refractivity contribution in [3.05, 3.63) is 29.3 Å². The lowest BCUT2D eigenvalue weighted by Gasteiger charge is -2.54. The Morgan fingerprint density at radius 1 is 1.43 bits per heavy atom.